The van der Waals surface area contributed by atoms with Gasteiger partial charge in [0.25, 0.3) is 0 Å². The Kier molecular flexibility index (Phi) is 5.61. The monoisotopic (exact) mass is 398 g/mol. The van der Waals surface area contributed by atoms with Crippen LogP contribution in [0.3, 0.4) is 0 Å². The number of rotatable bonds is 4. The first-order valence-electron chi connectivity index (χ1n) is 10.8. The molecule has 6 nitrogen and oxygen atoms in total. The van der Waals surface area contributed by atoms with E-state index in [0.29, 0.717) is 13.0 Å². The fourth-order valence-corrected chi connectivity index (χ4v) is 5.57. The number of hydrogen-bond donors (Lipinski definition) is 0. The molecule has 29 heavy (non-hydrogen) atoms. The Labute approximate surface area is 172 Å². The lowest BCUT2D eigenvalue weighted by Gasteiger charge is -2.56. The first kappa shape index (κ1) is 19.9. The van der Waals surface area contributed by atoms with Crippen LogP contribution in [-0.4, -0.2) is 52.3 Å². The number of ether oxygens (including phenoxy) is 1. The van der Waals surface area contributed by atoms with Crippen LogP contribution in [0.2, 0.25) is 0 Å². The average molecular weight is 399 g/mol. The second kappa shape index (κ2) is 8.17. The molecule has 1 aromatic rings. The number of nitrogens with zero attached hydrogens (tertiary/aromatic N) is 2. The van der Waals surface area contributed by atoms with E-state index in [2.05, 4.69) is 6.92 Å². The highest BCUT2D eigenvalue weighted by molar-refractivity contribution is 5.91. The lowest BCUT2D eigenvalue weighted by Crippen LogP contribution is -2.71. The molecule has 2 amide bonds. The summed E-state index contributed by atoms with van der Waals surface area (Å²) in [5.41, 5.74) is 0.942. The van der Waals surface area contributed by atoms with Crippen molar-refractivity contribution in [3.63, 3.8) is 0 Å². The molecule has 3 aliphatic rings. The Balaban J connectivity index is 1.59. The summed E-state index contributed by atoms with van der Waals surface area (Å²) in [5.74, 6) is -0.223. The number of likely N-dealkylation sites (tertiary alicyclic amines) is 1. The van der Waals surface area contributed by atoms with Gasteiger partial charge in [-0.3, -0.25) is 9.59 Å². The SMILES string of the molecule is CCC[C@H]1[C@@H]2CN3C(=O)CCC[C@@H]3[C@@H](C2=O)[C@@H](C)N1C(=O)OCc1ccccc1. The third kappa shape index (κ3) is 3.53. The normalized spacial score (nSPS) is 31.4. The van der Waals surface area contributed by atoms with Crippen LogP contribution in [0.25, 0.3) is 0 Å². The molecule has 3 heterocycles. The zero-order valence-electron chi connectivity index (χ0n) is 17.3. The van der Waals surface area contributed by atoms with E-state index >= 15 is 0 Å². The molecule has 0 unspecified atom stereocenters. The smallest absolute Gasteiger partial charge is 0.410 e. The van der Waals surface area contributed by atoms with Crippen molar-refractivity contribution < 1.29 is 19.1 Å². The van der Waals surface area contributed by atoms with Gasteiger partial charge in [-0.2, -0.15) is 0 Å². The van der Waals surface area contributed by atoms with Gasteiger partial charge in [0.05, 0.1) is 11.8 Å². The second-order valence-corrected chi connectivity index (χ2v) is 8.58. The maximum absolute atomic E-state index is 13.3. The molecule has 0 N–H and O–H groups in total. The minimum Gasteiger partial charge on any atom is -0.445 e. The van der Waals surface area contributed by atoms with E-state index in [1.807, 2.05) is 47.1 Å². The molecule has 3 fully saturated rings. The van der Waals surface area contributed by atoms with Gasteiger partial charge in [-0.25, -0.2) is 4.79 Å². The van der Waals surface area contributed by atoms with Gasteiger partial charge in [-0.15, -0.1) is 0 Å². The van der Waals surface area contributed by atoms with Crippen molar-refractivity contribution in [2.24, 2.45) is 11.8 Å². The molecule has 0 radical (unpaired) electrons. The number of benzene rings is 1. The summed E-state index contributed by atoms with van der Waals surface area (Å²) < 4.78 is 5.67. The predicted molar refractivity (Wildman–Crippen MR) is 108 cm³/mol. The minimum atomic E-state index is -0.349. The summed E-state index contributed by atoms with van der Waals surface area (Å²) in [7, 11) is 0. The van der Waals surface area contributed by atoms with Gasteiger partial charge in [0.15, 0.2) is 0 Å². The number of fused-ring (bicyclic) bond motifs is 4. The van der Waals surface area contributed by atoms with Crippen LogP contribution in [0.4, 0.5) is 4.79 Å². The fourth-order valence-electron chi connectivity index (χ4n) is 5.57. The van der Waals surface area contributed by atoms with E-state index in [0.717, 1.165) is 31.2 Å². The maximum Gasteiger partial charge on any atom is 0.410 e. The topological polar surface area (TPSA) is 66.9 Å². The van der Waals surface area contributed by atoms with E-state index in [4.69, 9.17) is 4.74 Å². The maximum atomic E-state index is 13.3. The Morgan fingerprint density at radius 3 is 2.69 bits per heavy atom. The standard InChI is InChI=1S/C23H30N2O4/c1-3-8-18-17-13-24-19(11-7-12-20(24)26)21(22(17)27)15(2)25(18)23(28)29-14-16-9-5-4-6-10-16/h4-6,9-10,15,17-19,21H,3,7-8,11-14H2,1-2H3/t15-,17+,18+,19-,21+/m1/s1. The third-order valence-electron chi connectivity index (χ3n) is 6.89. The van der Waals surface area contributed by atoms with Crippen molar-refractivity contribution in [3.8, 4) is 0 Å². The third-order valence-corrected chi connectivity index (χ3v) is 6.89. The van der Waals surface area contributed by atoms with Crippen LogP contribution in [0.1, 0.15) is 51.5 Å². The largest absolute Gasteiger partial charge is 0.445 e. The summed E-state index contributed by atoms with van der Waals surface area (Å²) in [4.78, 5) is 42.7. The first-order valence-corrected chi connectivity index (χ1v) is 10.8. The Morgan fingerprint density at radius 2 is 1.97 bits per heavy atom. The highest BCUT2D eigenvalue weighted by atomic mass is 16.6. The molecular formula is C23H30N2O4. The van der Waals surface area contributed by atoms with E-state index < -0.39 is 0 Å². The molecule has 0 saturated carbocycles. The van der Waals surface area contributed by atoms with Gasteiger partial charge in [-0.05, 0) is 31.7 Å². The van der Waals surface area contributed by atoms with Crippen molar-refractivity contribution in [1.82, 2.24) is 9.80 Å². The van der Waals surface area contributed by atoms with Crippen LogP contribution in [0.5, 0.6) is 0 Å². The molecule has 0 aliphatic carbocycles. The van der Waals surface area contributed by atoms with Crippen LogP contribution in [-0.2, 0) is 20.9 Å². The summed E-state index contributed by atoms with van der Waals surface area (Å²) in [5, 5.41) is 0. The van der Waals surface area contributed by atoms with E-state index in [1.165, 1.54) is 0 Å². The minimum absolute atomic E-state index is 0.0815. The van der Waals surface area contributed by atoms with Crippen LogP contribution < -0.4 is 0 Å². The molecule has 5 atom stereocenters. The Morgan fingerprint density at radius 1 is 1.21 bits per heavy atom. The summed E-state index contributed by atoms with van der Waals surface area (Å²) in [6.07, 6.45) is 3.48. The molecule has 3 saturated heterocycles. The van der Waals surface area contributed by atoms with Crippen molar-refractivity contribution in [3.05, 3.63) is 35.9 Å². The van der Waals surface area contributed by atoms with Crippen molar-refractivity contribution in [1.29, 1.82) is 0 Å². The highest BCUT2D eigenvalue weighted by Crippen LogP contribution is 2.43. The number of carbonyl (C=O) groups excluding carboxylic acids is 3. The summed E-state index contributed by atoms with van der Waals surface area (Å²) in [6, 6.07) is 9.07. The zero-order chi connectivity index (χ0) is 20.5. The average Bonchev–Trinajstić information content (AvgIpc) is 2.71. The summed E-state index contributed by atoms with van der Waals surface area (Å²) in [6.45, 7) is 4.68. The Bertz CT molecular complexity index is 780. The zero-order valence-corrected chi connectivity index (χ0v) is 17.3. The number of carbonyl (C=O) groups is 3. The lowest BCUT2D eigenvalue weighted by atomic mass is 9.67. The van der Waals surface area contributed by atoms with Gasteiger partial charge < -0.3 is 14.5 Å². The van der Waals surface area contributed by atoms with Gasteiger partial charge in [-0.1, -0.05) is 43.7 Å². The van der Waals surface area contributed by atoms with Crippen molar-refractivity contribution in [2.45, 2.75) is 70.7 Å². The molecule has 6 heteroatoms. The second-order valence-electron chi connectivity index (χ2n) is 8.58. The van der Waals surface area contributed by atoms with Gasteiger partial charge in [0.1, 0.15) is 12.4 Å². The van der Waals surface area contributed by atoms with Crippen molar-refractivity contribution in [2.75, 3.05) is 6.54 Å². The number of ketones is 1. The number of hydrogen-bond acceptors (Lipinski definition) is 4. The molecule has 3 aliphatic heterocycles. The van der Waals surface area contributed by atoms with Crippen molar-refractivity contribution >= 4 is 17.8 Å². The molecule has 4 rings (SSSR count). The van der Waals surface area contributed by atoms with E-state index in [9.17, 15) is 14.4 Å². The molecular weight excluding hydrogens is 368 g/mol. The molecule has 2 bridgehead atoms. The van der Waals surface area contributed by atoms with Crippen LogP contribution >= 0.6 is 0 Å². The number of piperidine rings is 3. The van der Waals surface area contributed by atoms with Gasteiger partial charge in [0, 0.05) is 31.1 Å². The molecule has 156 valence electrons. The number of Topliss-reactive ketones (excluding diaryl/α,β-unsaturated/α-hetero) is 1. The first-order chi connectivity index (χ1) is 14.0. The van der Waals surface area contributed by atoms with E-state index in [1.54, 1.807) is 0 Å². The van der Waals surface area contributed by atoms with Crippen LogP contribution in [0, 0.1) is 11.8 Å². The quantitative estimate of drug-likeness (QED) is 0.780. The number of amides is 2. The molecule has 0 aromatic heterocycles. The van der Waals surface area contributed by atoms with Gasteiger partial charge >= 0.3 is 6.09 Å². The highest BCUT2D eigenvalue weighted by Gasteiger charge is 2.57. The lowest BCUT2D eigenvalue weighted by molar-refractivity contribution is -0.161. The molecule has 0 spiro atoms. The Hall–Kier alpha value is -2.37. The van der Waals surface area contributed by atoms with E-state index in [-0.39, 0.29) is 54.4 Å². The summed E-state index contributed by atoms with van der Waals surface area (Å²) >= 11 is 0. The fraction of sp³-hybridized carbons (Fsp3) is 0.609. The van der Waals surface area contributed by atoms with Crippen LogP contribution in [0.15, 0.2) is 30.3 Å². The predicted octanol–water partition coefficient (Wildman–Crippen LogP) is 3.39. The molecule has 1 aromatic carbocycles. The van der Waals surface area contributed by atoms with Gasteiger partial charge in [0.2, 0.25) is 5.91 Å².